The smallest absolute Gasteiger partial charge is 0.170 e. The molecule has 0 atom stereocenters. The number of carbonyl (C=O) groups excluding carboxylic acids is 2. The van der Waals surface area contributed by atoms with Gasteiger partial charge < -0.3 is 14.0 Å². The van der Waals surface area contributed by atoms with Crippen molar-refractivity contribution in [3.05, 3.63) is 59.7 Å². The van der Waals surface area contributed by atoms with Gasteiger partial charge in [0.15, 0.2) is 5.78 Å². The predicted molar refractivity (Wildman–Crippen MR) is 155 cm³/mol. The molecule has 1 aliphatic rings. The molecule has 0 spiro atoms. The molecular weight excluding hydrogens is 492 g/mol. The van der Waals surface area contributed by atoms with Crippen molar-refractivity contribution in [1.82, 2.24) is 0 Å². The van der Waals surface area contributed by atoms with E-state index >= 15 is 0 Å². The molecule has 39 heavy (non-hydrogen) atoms. The lowest BCUT2D eigenvalue weighted by Gasteiger charge is -2.29. The number of hydrogen-bond acceptors (Lipinski definition) is 7. The summed E-state index contributed by atoms with van der Waals surface area (Å²) in [4.78, 5) is 37.9. The topological polar surface area (TPSA) is 89.7 Å². The summed E-state index contributed by atoms with van der Waals surface area (Å²) in [6.45, 7) is 6.48. The van der Waals surface area contributed by atoms with Gasteiger partial charge in [0.05, 0.1) is 51.2 Å². The first-order chi connectivity index (χ1) is 18.9. The SMILES string of the molecule is CCN=C=NCCC[N+](C)(C)CCOCCCC(=O)COc1ccccc1C1=Nc2ccccc2CC(=O)C1. The summed E-state index contributed by atoms with van der Waals surface area (Å²) in [7, 11) is 4.36. The fourth-order valence-corrected chi connectivity index (χ4v) is 4.28. The Bertz CT molecular complexity index is 1200. The summed E-state index contributed by atoms with van der Waals surface area (Å²) in [5.74, 6) is 0.690. The van der Waals surface area contributed by atoms with E-state index in [0.717, 1.165) is 47.4 Å². The Morgan fingerprint density at radius 2 is 1.79 bits per heavy atom. The molecule has 1 heterocycles. The second-order valence-electron chi connectivity index (χ2n) is 10.3. The number of ketones is 2. The van der Waals surface area contributed by atoms with Gasteiger partial charge in [-0.05, 0) is 37.1 Å². The van der Waals surface area contributed by atoms with E-state index in [1.165, 1.54) is 0 Å². The van der Waals surface area contributed by atoms with E-state index < -0.39 is 0 Å². The number of hydrogen-bond donors (Lipinski definition) is 0. The molecule has 0 saturated heterocycles. The molecule has 0 fully saturated rings. The van der Waals surface area contributed by atoms with E-state index in [1.54, 1.807) is 0 Å². The second kappa shape index (κ2) is 15.8. The molecule has 2 aromatic rings. The number of Topliss-reactive ketones (excluding diaryl/α,β-unsaturated/α-hetero) is 2. The normalized spacial score (nSPS) is 13.1. The highest BCUT2D eigenvalue weighted by Crippen LogP contribution is 2.28. The van der Waals surface area contributed by atoms with Crippen LogP contribution in [0.2, 0.25) is 0 Å². The Hall–Kier alpha value is -3.45. The van der Waals surface area contributed by atoms with Crippen LogP contribution in [0, 0.1) is 0 Å². The minimum Gasteiger partial charge on any atom is -0.485 e. The second-order valence-corrected chi connectivity index (χ2v) is 10.3. The third kappa shape index (κ3) is 10.7. The zero-order valence-corrected chi connectivity index (χ0v) is 23.5. The van der Waals surface area contributed by atoms with Crippen molar-refractivity contribution in [1.29, 1.82) is 0 Å². The molecule has 0 saturated carbocycles. The average Bonchev–Trinajstić information content (AvgIpc) is 3.09. The highest BCUT2D eigenvalue weighted by molar-refractivity contribution is 6.14. The van der Waals surface area contributed by atoms with Gasteiger partial charge in [-0.1, -0.05) is 30.3 Å². The van der Waals surface area contributed by atoms with Crippen molar-refractivity contribution >= 4 is 29.0 Å². The van der Waals surface area contributed by atoms with Crippen molar-refractivity contribution in [3.8, 4) is 5.75 Å². The van der Waals surface area contributed by atoms with Gasteiger partial charge in [0, 0.05) is 44.4 Å². The van der Waals surface area contributed by atoms with E-state index in [0.29, 0.717) is 50.5 Å². The lowest BCUT2D eigenvalue weighted by Crippen LogP contribution is -2.43. The number of benzene rings is 2. The predicted octanol–water partition coefficient (Wildman–Crippen LogP) is 4.73. The maximum absolute atomic E-state index is 12.5. The zero-order chi connectivity index (χ0) is 27.9. The summed E-state index contributed by atoms with van der Waals surface area (Å²) in [6, 6.07) is 17.9. The Morgan fingerprint density at radius 3 is 2.64 bits per heavy atom. The van der Waals surface area contributed by atoms with Crippen LogP contribution in [0.3, 0.4) is 0 Å². The van der Waals surface area contributed by atoms with Crippen LogP contribution in [-0.2, 0) is 20.7 Å². The number of fused-ring (bicyclic) bond motifs is 1. The van der Waals surface area contributed by atoms with Crippen LogP contribution >= 0.6 is 0 Å². The molecule has 0 aliphatic carbocycles. The van der Waals surface area contributed by atoms with E-state index in [4.69, 9.17) is 14.5 Å². The van der Waals surface area contributed by atoms with E-state index in [1.807, 2.05) is 55.5 Å². The third-order valence-corrected chi connectivity index (χ3v) is 6.50. The minimum absolute atomic E-state index is 0.0147. The fraction of sp³-hybridized carbons (Fsp3) is 0.484. The third-order valence-electron chi connectivity index (χ3n) is 6.50. The largest absolute Gasteiger partial charge is 0.485 e. The Kier molecular flexibility index (Phi) is 12.2. The van der Waals surface area contributed by atoms with Crippen molar-refractivity contribution in [3.63, 3.8) is 0 Å². The van der Waals surface area contributed by atoms with Gasteiger partial charge in [-0.3, -0.25) is 14.6 Å². The first-order valence-electron chi connectivity index (χ1n) is 13.8. The van der Waals surface area contributed by atoms with Crippen molar-refractivity contribution in [2.24, 2.45) is 15.0 Å². The van der Waals surface area contributed by atoms with Crippen LogP contribution < -0.4 is 4.74 Å². The maximum Gasteiger partial charge on any atom is 0.170 e. The van der Waals surface area contributed by atoms with Crippen LogP contribution in [0.4, 0.5) is 5.69 Å². The summed E-state index contributed by atoms with van der Waals surface area (Å²) >= 11 is 0. The molecule has 1 aliphatic heterocycles. The van der Waals surface area contributed by atoms with Crippen LogP contribution in [0.1, 0.15) is 43.7 Å². The fourth-order valence-electron chi connectivity index (χ4n) is 4.28. The summed E-state index contributed by atoms with van der Waals surface area (Å²) in [5, 5.41) is 0. The number of para-hydroxylation sites is 2. The molecule has 8 heteroatoms. The first kappa shape index (κ1) is 30.1. The van der Waals surface area contributed by atoms with Gasteiger partial charge in [-0.15, -0.1) is 0 Å². The van der Waals surface area contributed by atoms with Crippen molar-refractivity contribution in [2.75, 3.05) is 60.1 Å². The van der Waals surface area contributed by atoms with E-state index in [9.17, 15) is 9.59 Å². The molecule has 8 nitrogen and oxygen atoms in total. The Morgan fingerprint density at radius 1 is 1.00 bits per heavy atom. The molecule has 0 aromatic heterocycles. The lowest BCUT2D eigenvalue weighted by molar-refractivity contribution is -0.890. The number of nitrogens with zero attached hydrogens (tertiary/aromatic N) is 4. The minimum atomic E-state index is -0.0236. The van der Waals surface area contributed by atoms with Gasteiger partial charge in [0.25, 0.3) is 0 Å². The highest BCUT2D eigenvalue weighted by Gasteiger charge is 2.20. The Labute approximate surface area is 232 Å². The number of ether oxygens (including phenoxy) is 2. The molecule has 0 unspecified atom stereocenters. The molecule has 0 bridgehead atoms. The number of quaternary nitrogens is 1. The number of carbonyl (C=O) groups is 2. The van der Waals surface area contributed by atoms with Crippen LogP contribution in [0.25, 0.3) is 0 Å². The van der Waals surface area contributed by atoms with E-state index in [-0.39, 0.29) is 24.6 Å². The molecule has 0 N–H and O–H groups in total. The molecule has 208 valence electrons. The lowest BCUT2D eigenvalue weighted by atomic mass is 10.0. The van der Waals surface area contributed by atoms with Crippen LogP contribution in [0.5, 0.6) is 5.75 Å². The van der Waals surface area contributed by atoms with Crippen molar-refractivity contribution < 1.29 is 23.5 Å². The zero-order valence-electron chi connectivity index (χ0n) is 23.5. The molecule has 0 radical (unpaired) electrons. The number of likely N-dealkylation sites (N-methyl/N-ethyl adjacent to an activating group) is 1. The van der Waals surface area contributed by atoms with Gasteiger partial charge in [-0.25, -0.2) is 9.98 Å². The van der Waals surface area contributed by atoms with Gasteiger partial charge in [0.1, 0.15) is 24.7 Å². The molecule has 3 rings (SSSR count). The Balaban J connectivity index is 1.39. The van der Waals surface area contributed by atoms with Crippen LogP contribution in [0.15, 0.2) is 63.5 Å². The standard InChI is InChI=1S/C31H41N4O4/c1-4-32-24-33-16-10-17-35(2,3)18-20-38-19-9-12-26(36)23-39-31-15-8-6-13-28(31)30-22-27(37)21-25-11-5-7-14-29(25)34-30/h5-8,11,13-15H,4,9-10,12,16-23H2,1-3H3/q+1. The van der Waals surface area contributed by atoms with Gasteiger partial charge in [0.2, 0.25) is 0 Å². The number of rotatable bonds is 16. The number of aliphatic imine (C=N–C) groups is 3. The highest BCUT2D eigenvalue weighted by atomic mass is 16.5. The van der Waals surface area contributed by atoms with Crippen LogP contribution in [-0.4, -0.2) is 87.9 Å². The van der Waals surface area contributed by atoms with Gasteiger partial charge in [-0.2, -0.15) is 0 Å². The first-order valence-corrected chi connectivity index (χ1v) is 13.8. The van der Waals surface area contributed by atoms with E-state index in [2.05, 4.69) is 30.1 Å². The molecular formula is C31H41N4O4+. The summed E-state index contributed by atoms with van der Waals surface area (Å²) in [5.41, 5.74) is 3.15. The monoisotopic (exact) mass is 533 g/mol. The quantitative estimate of drug-likeness (QED) is 0.177. The average molecular weight is 534 g/mol. The molecule has 2 aromatic carbocycles. The van der Waals surface area contributed by atoms with Gasteiger partial charge >= 0.3 is 0 Å². The van der Waals surface area contributed by atoms with Crippen molar-refractivity contribution in [2.45, 2.75) is 39.0 Å². The summed E-state index contributed by atoms with van der Waals surface area (Å²) in [6.07, 6.45) is 2.63. The summed E-state index contributed by atoms with van der Waals surface area (Å²) < 4.78 is 12.5. The maximum atomic E-state index is 12.5. The molecule has 0 amide bonds.